The minimum atomic E-state index is -1.87. The van der Waals surface area contributed by atoms with Gasteiger partial charge in [0.2, 0.25) is 0 Å². The van der Waals surface area contributed by atoms with Crippen molar-refractivity contribution < 1.29 is 29.0 Å². The van der Waals surface area contributed by atoms with Gasteiger partial charge in [0.05, 0.1) is 15.1 Å². The largest absolute Gasteiger partial charge is 0.473 e. The molecule has 0 saturated carbocycles. The predicted molar refractivity (Wildman–Crippen MR) is 90.3 cm³/mol. The Morgan fingerprint density at radius 2 is 1.64 bits per heavy atom. The summed E-state index contributed by atoms with van der Waals surface area (Å²) in [6, 6.07) is 9.88. The molecule has 0 saturated heterocycles. The Hall–Kier alpha value is -2.28. The van der Waals surface area contributed by atoms with Gasteiger partial charge in [-0.05, 0) is 11.6 Å². The van der Waals surface area contributed by atoms with Gasteiger partial charge in [-0.2, -0.15) is 0 Å². The van der Waals surface area contributed by atoms with E-state index in [1.54, 1.807) is 30.3 Å². The third-order valence-electron chi connectivity index (χ3n) is 2.91. The smallest absolute Gasteiger partial charge is 0.422 e. The van der Waals surface area contributed by atoms with Crippen LogP contribution in [0.5, 0.6) is 5.75 Å². The number of halogens is 3. The van der Waals surface area contributed by atoms with Crippen molar-refractivity contribution in [3.05, 3.63) is 62.6 Å². The van der Waals surface area contributed by atoms with E-state index in [4.69, 9.17) is 44.6 Å². The van der Waals surface area contributed by atoms with Crippen molar-refractivity contribution in [1.82, 2.24) is 0 Å². The molecule has 1 N–H and O–H groups in total. The molecule has 2 aromatic carbocycles. The van der Waals surface area contributed by atoms with Crippen LogP contribution in [0.2, 0.25) is 15.1 Å². The number of carboxylic acid groups (broad SMARTS) is 1. The summed E-state index contributed by atoms with van der Waals surface area (Å²) in [6.07, 6.45) is 0. The lowest BCUT2D eigenvalue weighted by Gasteiger charge is -2.13. The summed E-state index contributed by atoms with van der Waals surface area (Å²) in [5.41, 5.74) is 0.258. The highest BCUT2D eigenvalue weighted by Gasteiger charge is 2.27. The first-order valence-electron chi connectivity index (χ1n) is 6.65. The van der Waals surface area contributed by atoms with Crippen LogP contribution in [0, 0.1) is 0 Å². The molecule has 0 aliphatic heterocycles. The number of carbonyl (C=O) groups is 3. The van der Waals surface area contributed by atoms with Crippen LogP contribution < -0.4 is 4.74 Å². The van der Waals surface area contributed by atoms with Crippen LogP contribution >= 0.6 is 34.8 Å². The van der Waals surface area contributed by atoms with Crippen LogP contribution in [0.4, 0.5) is 0 Å². The second kappa shape index (κ2) is 8.20. The molecule has 0 atom stereocenters. The highest BCUT2D eigenvalue weighted by atomic mass is 35.5. The number of rotatable bonds is 4. The second-order valence-electron chi connectivity index (χ2n) is 4.61. The van der Waals surface area contributed by atoms with Crippen molar-refractivity contribution in [2.24, 2.45) is 0 Å². The Kier molecular flexibility index (Phi) is 6.25. The lowest BCUT2D eigenvalue weighted by molar-refractivity contribution is -0.158. The molecule has 0 unspecified atom stereocenters. The minimum absolute atomic E-state index is 0.0894. The SMILES string of the molecule is O=C(O)C(=O)Oc1c(Cl)cc(Cl)c(Cl)c1C(=O)OCc1ccccc1. The fraction of sp³-hybridized carbons (Fsp3) is 0.0625. The number of carbonyl (C=O) groups excluding carboxylic acids is 2. The molecule has 0 spiro atoms. The lowest BCUT2D eigenvalue weighted by Crippen LogP contribution is -2.21. The predicted octanol–water partition coefficient (Wildman–Crippen LogP) is 3.99. The first kappa shape index (κ1) is 19.1. The molecule has 0 bridgehead atoms. The molecule has 0 aliphatic rings. The van der Waals surface area contributed by atoms with Gasteiger partial charge < -0.3 is 14.6 Å². The highest BCUT2D eigenvalue weighted by Crippen LogP contribution is 2.39. The maximum atomic E-state index is 12.4. The molecule has 9 heteroatoms. The molecule has 0 amide bonds. The Morgan fingerprint density at radius 1 is 1.00 bits per heavy atom. The molecular formula is C16H9Cl3O6. The zero-order chi connectivity index (χ0) is 18.6. The molecule has 0 heterocycles. The molecule has 2 aromatic rings. The topological polar surface area (TPSA) is 89.9 Å². The summed E-state index contributed by atoms with van der Waals surface area (Å²) in [4.78, 5) is 34.3. The number of aliphatic carboxylic acids is 1. The number of carboxylic acids is 1. The number of esters is 2. The Labute approximate surface area is 156 Å². The van der Waals surface area contributed by atoms with Crippen molar-refractivity contribution in [3.63, 3.8) is 0 Å². The molecule has 25 heavy (non-hydrogen) atoms. The maximum absolute atomic E-state index is 12.4. The highest BCUT2D eigenvalue weighted by molar-refractivity contribution is 6.46. The quantitative estimate of drug-likeness (QED) is 0.359. The van der Waals surface area contributed by atoms with Gasteiger partial charge in [-0.3, -0.25) is 0 Å². The standard InChI is InChI=1S/C16H9Cl3O6/c17-9-6-10(18)13(25-16(23)14(20)21)11(12(9)19)15(22)24-7-8-4-2-1-3-5-8/h1-6H,7H2,(H,20,21). The number of hydrogen-bond donors (Lipinski definition) is 1. The molecule has 0 aliphatic carbocycles. The summed E-state index contributed by atoms with van der Waals surface area (Å²) in [7, 11) is 0. The van der Waals surface area contributed by atoms with Crippen molar-refractivity contribution >= 4 is 52.7 Å². The summed E-state index contributed by atoms with van der Waals surface area (Å²) >= 11 is 17.7. The number of benzene rings is 2. The first-order valence-corrected chi connectivity index (χ1v) is 7.78. The van der Waals surface area contributed by atoms with E-state index in [9.17, 15) is 14.4 Å². The average molecular weight is 404 g/mol. The van der Waals surface area contributed by atoms with Crippen molar-refractivity contribution in [2.45, 2.75) is 6.61 Å². The van der Waals surface area contributed by atoms with Gasteiger partial charge in [-0.1, -0.05) is 65.1 Å². The molecule has 0 aromatic heterocycles. The van der Waals surface area contributed by atoms with E-state index < -0.39 is 29.2 Å². The van der Waals surface area contributed by atoms with Gasteiger partial charge in [0.15, 0.2) is 5.75 Å². The fourth-order valence-corrected chi connectivity index (χ4v) is 2.51. The molecular weight excluding hydrogens is 395 g/mol. The van der Waals surface area contributed by atoms with Crippen LogP contribution in [0.1, 0.15) is 15.9 Å². The van der Waals surface area contributed by atoms with E-state index in [2.05, 4.69) is 4.74 Å². The minimum Gasteiger partial charge on any atom is -0.473 e. The average Bonchev–Trinajstić information content (AvgIpc) is 2.58. The van der Waals surface area contributed by atoms with Gasteiger partial charge in [0.25, 0.3) is 0 Å². The molecule has 2 rings (SSSR count). The van der Waals surface area contributed by atoms with Crippen LogP contribution in [0.15, 0.2) is 36.4 Å². The zero-order valence-electron chi connectivity index (χ0n) is 12.3. The summed E-state index contributed by atoms with van der Waals surface area (Å²) < 4.78 is 9.74. The summed E-state index contributed by atoms with van der Waals surface area (Å²) in [5, 5.41) is 8.01. The number of hydrogen-bond acceptors (Lipinski definition) is 5. The molecule has 0 fully saturated rings. The molecule has 6 nitrogen and oxygen atoms in total. The monoisotopic (exact) mass is 402 g/mol. The van der Waals surface area contributed by atoms with Gasteiger partial charge >= 0.3 is 17.9 Å². The van der Waals surface area contributed by atoms with Gasteiger partial charge in [0.1, 0.15) is 12.2 Å². The van der Waals surface area contributed by atoms with Crippen molar-refractivity contribution in [2.75, 3.05) is 0 Å². The maximum Gasteiger partial charge on any atom is 0.422 e. The third-order valence-corrected chi connectivity index (χ3v) is 3.98. The van der Waals surface area contributed by atoms with Crippen molar-refractivity contribution in [1.29, 1.82) is 0 Å². The zero-order valence-corrected chi connectivity index (χ0v) is 14.6. The molecule has 130 valence electrons. The van der Waals surface area contributed by atoms with Crippen molar-refractivity contribution in [3.8, 4) is 5.75 Å². The Morgan fingerprint density at radius 3 is 2.24 bits per heavy atom. The van der Waals surface area contributed by atoms with E-state index in [-0.39, 0.29) is 21.7 Å². The number of ether oxygens (including phenoxy) is 2. The van der Waals surface area contributed by atoms with Crippen LogP contribution in [0.3, 0.4) is 0 Å². The van der Waals surface area contributed by atoms with E-state index in [1.807, 2.05) is 0 Å². The van der Waals surface area contributed by atoms with E-state index >= 15 is 0 Å². The summed E-state index contributed by atoms with van der Waals surface area (Å²) in [6.45, 7) is -0.0908. The van der Waals surface area contributed by atoms with Gasteiger partial charge in [0, 0.05) is 0 Å². The van der Waals surface area contributed by atoms with Crippen LogP contribution in [-0.4, -0.2) is 23.0 Å². The first-order chi connectivity index (χ1) is 11.8. The molecule has 0 radical (unpaired) electrons. The Balaban J connectivity index is 2.35. The van der Waals surface area contributed by atoms with Gasteiger partial charge in [-0.15, -0.1) is 0 Å². The van der Waals surface area contributed by atoms with Crippen LogP contribution in [-0.2, 0) is 20.9 Å². The lowest BCUT2D eigenvalue weighted by atomic mass is 10.2. The second-order valence-corrected chi connectivity index (χ2v) is 5.81. The van der Waals surface area contributed by atoms with E-state index in [0.29, 0.717) is 5.56 Å². The normalized spacial score (nSPS) is 10.2. The fourth-order valence-electron chi connectivity index (χ4n) is 1.79. The van der Waals surface area contributed by atoms with E-state index in [1.165, 1.54) is 0 Å². The van der Waals surface area contributed by atoms with E-state index in [0.717, 1.165) is 6.07 Å². The van der Waals surface area contributed by atoms with Gasteiger partial charge in [-0.25, -0.2) is 14.4 Å². The summed E-state index contributed by atoms with van der Waals surface area (Å²) in [5.74, 6) is -5.03. The van der Waals surface area contributed by atoms with Crippen LogP contribution in [0.25, 0.3) is 0 Å². The Bertz CT molecular complexity index is 836. The third kappa shape index (κ3) is 4.63.